The Kier molecular flexibility index (Phi) is 4.55. The van der Waals surface area contributed by atoms with Crippen molar-refractivity contribution in [2.24, 2.45) is 0 Å². The number of hydrogen-bond acceptors (Lipinski definition) is 6. The van der Waals surface area contributed by atoms with Gasteiger partial charge < -0.3 is 24.1 Å². The standard InChI is InChI=1S/C19H20O6/c1-10-5-7-11(8-6-10)17-16(21)15(20)14-12(25-17)9-13(22-2)18(23-3)19(14)24-4/h5-9,16-17,21H,1-4H3. The van der Waals surface area contributed by atoms with Gasteiger partial charge in [-0.25, -0.2) is 0 Å². The topological polar surface area (TPSA) is 74.2 Å². The fraction of sp³-hybridized carbons (Fsp3) is 0.316. The minimum absolute atomic E-state index is 0.149. The molecule has 132 valence electrons. The molecule has 1 N–H and O–H groups in total. The van der Waals surface area contributed by atoms with Crippen LogP contribution in [0.1, 0.15) is 27.6 Å². The van der Waals surface area contributed by atoms with Crippen LogP contribution < -0.4 is 18.9 Å². The van der Waals surface area contributed by atoms with Crippen molar-refractivity contribution in [3.8, 4) is 23.0 Å². The quantitative estimate of drug-likeness (QED) is 0.919. The third kappa shape index (κ3) is 2.78. The largest absolute Gasteiger partial charge is 0.493 e. The summed E-state index contributed by atoms with van der Waals surface area (Å²) in [6, 6.07) is 9.04. The lowest BCUT2D eigenvalue weighted by Gasteiger charge is -2.31. The zero-order valence-corrected chi connectivity index (χ0v) is 14.5. The number of rotatable bonds is 4. The molecule has 1 aliphatic rings. The van der Waals surface area contributed by atoms with Gasteiger partial charge in [0.05, 0.1) is 21.3 Å². The van der Waals surface area contributed by atoms with Crippen molar-refractivity contribution >= 4 is 5.78 Å². The molecule has 2 aromatic rings. The van der Waals surface area contributed by atoms with Gasteiger partial charge in [-0.2, -0.15) is 0 Å². The monoisotopic (exact) mass is 344 g/mol. The lowest BCUT2D eigenvalue weighted by Crippen LogP contribution is -2.36. The van der Waals surface area contributed by atoms with Gasteiger partial charge in [-0.1, -0.05) is 29.8 Å². The van der Waals surface area contributed by atoms with Crippen molar-refractivity contribution in [1.82, 2.24) is 0 Å². The second kappa shape index (κ2) is 6.64. The molecule has 0 bridgehead atoms. The van der Waals surface area contributed by atoms with E-state index in [4.69, 9.17) is 18.9 Å². The molecule has 0 saturated carbocycles. The van der Waals surface area contributed by atoms with E-state index in [1.165, 1.54) is 21.3 Å². The normalized spacial score (nSPS) is 19.0. The molecule has 2 atom stereocenters. The first-order valence-corrected chi connectivity index (χ1v) is 7.80. The minimum atomic E-state index is -1.35. The van der Waals surface area contributed by atoms with E-state index in [2.05, 4.69) is 0 Å². The smallest absolute Gasteiger partial charge is 0.204 e. The van der Waals surface area contributed by atoms with Crippen molar-refractivity contribution in [1.29, 1.82) is 0 Å². The first-order chi connectivity index (χ1) is 12.0. The van der Waals surface area contributed by atoms with E-state index in [1.807, 2.05) is 31.2 Å². The van der Waals surface area contributed by atoms with Crippen LogP contribution in [0.5, 0.6) is 23.0 Å². The Morgan fingerprint density at radius 3 is 2.20 bits per heavy atom. The summed E-state index contributed by atoms with van der Waals surface area (Å²) < 4.78 is 21.9. The summed E-state index contributed by atoms with van der Waals surface area (Å²) in [7, 11) is 4.36. The number of carbonyl (C=O) groups is 1. The van der Waals surface area contributed by atoms with Crippen LogP contribution in [0.15, 0.2) is 30.3 Å². The molecule has 0 amide bonds. The molecule has 0 saturated heterocycles. The van der Waals surface area contributed by atoms with Gasteiger partial charge in [-0.05, 0) is 12.5 Å². The predicted molar refractivity (Wildman–Crippen MR) is 91.0 cm³/mol. The molecule has 6 heteroatoms. The maximum absolute atomic E-state index is 12.8. The number of aliphatic hydroxyl groups excluding tert-OH is 1. The first-order valence-electron chi connectivity index (χ1n) is 7.80. The van der Waals surface area contributed by atoms with Crippen LogP contribution in [0.4, 0.5) is 0 Å². The molecule has 0 radical (unpaired) electrons. The van der Waals surface area contributed by atoms with E-state index in [-0.39, 0.29) is 22.8 Å². The molecule has 2 unspecified atom stereocenters. The van der Waals surface area contributed by atoms with Crippen LogP contribution in [0.25, 0.3) is 0 Å². The summed E-state index contributed by atoms with van der Waals surface area (Å²) in [6.45, 7) is 1.96. The van der Waals surface area contributed by atoms with Gasteiger partial charge in [-0.3, -0.25) is 4.79 Å². The van der Waals surface area contributed by atoms with Crippen molar-refractivity contribution < 1.29 is 28.8 Å². The van der Waals surface area contributed by atoms with Crippen LogP contribution in [-0.2, 0) is 0 Å². The molecule has 0 fully saturated rings. The van der Waals surface area contributed by atoms with E-state index in [0.717, 1.165) is 5.56 Å². The van der Waals surface area contributed by atoms with E-state index in [0.29, 0.717) is 11.3 Å². The van der Waals surface area contributed by atoms with Crippen LogP contribution in [0, 0.1) is 6.92 Å². The van der Waals surface area contributed by atoms with Crippen molar-refractivity contribution in [3.63, 3.8) is 0 Å². The van der Waals surface area contributed by atoms with Crippen LogP contribution in [0.3, 0.4) is 0 Å². The molecule has 0 spiro atoms. The lowest BCUT2D eigenvalue weighted by atomic mass is 9.92. The summed E-state index contributed by atoms with van der Waals surface area (Å²) in [4.78, 5) is 12.8. The van der Waals surface area contributed by atoms with E-state index >= 15 is 0 Å². The molecule has 0 aliphatic carbocycles. The lowest BCUT2D eigenvalue weighted by molar-refractivity contribution is 0.0209. The maximum Gasteiger partial charge on any atom is 0.204 e. The van der Waals surface area contributed by atoms with Gasteiger partial charge in [0.2, 0.25) is 11.5 Å². The average Bonchev–Trinajstić information content (AvgIpc) is 2.63. The fourth-order valence-electron chi connectivity index (χ4n) is 2.95. The third-order valence-electron chi connectivity index (χ3n) is 4.26. The first kappa shape index (κ1) is 17.1. The van der Waals surface area contributed by atoms with Crippen molar-refractivity contribution in [2.75, 3.05) is 21.3 Å². The Labute approximate surface area is 145 Å². The number of benzene rings is 2. The molecule has 3 rings (SSSR count). The second-order valence-electron chi connectivity index (χ2n) is 5.78. The summed E-state index contributed by atoms with van der Waals surface area (Å²) in [6.07, 6.45) is -2.15. The van der Waals surface area contributed by atoms with Gasteiger partial charge in [0.15, 0.2) is 23.7 Å². The molecule has 0 aromatic heterocycles. The Balaban J connectivity index is 2.13. The van der Waals surface area contributed by atoms with Gasteiger partial charge in [-0.15, -0.1) is 0 Å². The van der Waals surface area contributed by atoms with E-state index < -0.39 is 18.0 Å². The number of methoxy groups -OCH3 is 3. The minimum Gasteiger partial charge on any atom is -0.493 e. The van der Waals surface area contributed by atoms with Crippen LogP contribution >= 0.6 is 0 Å². The highest BCUT2D eigenvalue weighted by Gasteiger charge is 2.41. The van der Waals surface area contributed by atoms with E-state index in [9.17, 15) is 9.90 Å². The van der Waals surface area contributed by atoms with Crippen LogP contribution in [-0.4, -0.2) is 38.3 Å². The maximum atomic E-state index is 12.8. The van der Waals surface area contributed by atoms with Crippen molar-refractivity contribution in [3.05, 3.63) is 47.0 Å². The SMILES string of the molecule is COc1cc2c(c(OC)c1OC)C(=O)C(O)C(c1ccc(C)cc1)O2. The number of fused-ring (bicyclic) bond motifs is 1. The third-order valence-corrected chi connectivity index (χ3v) is 4.26. The Bertz CT molecular complexity index is 797. The average molecular weight is 344 g/mol. The number of ketones is 1. The zero-order valence-electron chi connectivity index (χ0n) is 14.5. The fourth-order valence-corrected chi connectivity index (χ4v) is 2.95. The molecular formula is C19H20O6. The Morgan fingerprint density at radius 1 is 1.00 bits per heavy atom. The molecule has 1 aliphatic heterocycles. The van der Waals surface area contributed by atoms with Crippen molar-refractivity contribution in [2.45, 2.75) is 19.1 Å². The van der Waals surface area contributed by atoms with Gasteiger partial charge >= 0.3 is 0 Å². The van der Waals surface area contributed by atoms with Gasteiger partial charge in [0, 0.05) is 6.07 Å². The number of aryl methyl sites for hydroxylation is 1. The summed E-state index contributed by atoms with van der Waals surface area (Å²) in [5, 5.41) is 10.5. The zero-order chi connectivity index (χ0) is 18.1. The molecule has 2 aromatic carbocycles. The molecule has 1 heterocycles. The predicted octanol–water partition coefficient (Wildman–Crippen LogP) is 2.70. The highest BCUT2D eigenvalue weighted by Crippen LogP contribution is 2.49. The summed E-state index contributed by atoms with van der Waals surface area (Å²) in [5.41, 5.74) is 1.94. The number of hydrogen-bond donors (Lipinski definition) is 1. The molecule has 6 nitrogen and oxygen atoms in total. The molecule has 25 heavy (non-hydrogen) atoms. The Morgan fingerprint density at radius 2 is 1.64 bits per heavy atom. The summed E-state index contributed by atoms with van der Waals surface area (Å²) in [5.74, 6) is 0.648. The van der Waals surface area contributed by atoms with Crippen LogP contribution in [0.2, 0.25) is 0 Å². The Hall–Kier alpha value is -2.73. The molecular weight excluding hydrogens is 324 g/mol. The number of ether oxygens (including phenoxy) is 4. The second-order valence-corrected chi connectivity index (χ2v) is 5.78. The highest BCUT2D eigenvalue weighted by atomic mass is 16.5. The highest BCUT2D eigenvalue weighted by molar-refractivity contribution is 6.06. The number of aliphatic hydroxyl groups is 1. The van der Waals surface area contributed by atoms with Gasteiger partial charge in [0.1, 0.15) is 11.3 Å². The van der Waals surface area contributed by atoms with Gasteiger partial charge in [0.25, 0.3) is 0 Å². The summed E-state index contributed by atoms with van der Waals surface area (Å²) >= 11 is 0. The number of Topliss-reactive ketones (excluding diaryl/α,β-unsaturated/α-hetero) is 1. The van der Waals surface area contributed by atoms with E-state index in [1.54, 1.807) is 6.07 Å². The number of carbonyl (C=O) groups excluding carboxylic acids is 1.